The topological polar surface area (TPSA) is 71.2 Å². The molecular formula is C18H21FN4O2. The van der Waals surface area contributed by atoms with Crippen molar-refractivity contribution in [3.63, 3.8) is 0 Å². The zero-order valence-corrected chi connectivity index (χ0v) is 14.1. The molecule has 2 aliphatic rings. The second-order valence-electron chi connectivity index (χ2n) is 7.21. The fourth-order valence-corrected chi connectivity index (χ4v) is 3.41. The molecule has 1 N–H and O–H groups in total. The van der Waals surface area contributed by atoms with Gasteiger partial charge in [-0.15, -0.1) is 5.10 Å². The number of halogens is 1. The Morgan fingerprint density at radius 3 is 2.72 bits per heavy atom. The number of hydrogen-bond donors (Lipinski definition) is 1. The van der Waals surface area contributed by atoms with Gasteiger partial charge in [0, 0.05) is 13.1 Å². The van der Waals surface area contributed by atoms with Gasteiger partial charge in [-0.1, -0.05) is 23.4 Å². The molecule has 25 heavy (non-hydrogen) atoms. The standard InChI is InChI=1S/C18H21FN4O2/c1-12(24)16-11-23(21-20-16)14-9-22(10-14)17(25)18(6-7-18)8-13-4-2-3-5-15(13)19/h2-5,11-12,14,24H,6-10H2,1H3. The number of aromatic nitrogens is 3. The van der Waals surface area contributed by atoms with Crippen LogP contribution in [0.1, 0.15) is 43.2 Å². The Hall–Kier alpha value is -2.28. The number of benzene rings is 1. The van der Waals surface area contributed by atoms with E-state index in [0.717, 1.165) is 12.8 Å². The maximum Gasteiger partial charge on any atom is 0.229 e. The van der Waals surface area contributed by atoms with Crippen LogP contribution in [0.3, 0.4) is 0 Å². The van der Waals surface area contributed by atoms with Gasteiger partial charge in [0.2, 0.25) is 5.91 Å². The molecule has 1 aromatic heterocycles. The molecule has 0 bridgehead atoms. The number of likely N-dealkylation sites (tertiary alicyclic amines) is 1. The molecule has 132 valence electrons. The van der Waals surface area contributed by atoms with Gasteiger partial charge in [-0.25, -0.2) is 9.07 Å². The molecule has 1 aliphatic carbocycles. The van der Waals surface area contributed by atoms with Gasteiger partial charge in [0.25, 0.3) is 0 Å². The van der Waals surface area contributed by atoms with E-state index in [1.165, 1.54) is 6.07 Å². The van der Waals surface area contributed by atoms with E-state index in [1.54, 1.807) is 29.9 Å². The Balaban J connectivity index is 1.39. The molecule has 1 saturated carbocycles. The molecule has 1 aliphatic heterocycles. The van der Waals surface area contributed by atoms with Gasteiger partial charge >= 0.3 is 0 Å². The first-order valence-electron chi connectivity index (χ1n) is 8.61. The van der Waals surface area contributed by atoms with Gasteiger partial charge in [0.05, 0.1) is 23.8 Å². The molecule has 7 heteroatoms. The number of nitrogens with zero attached hydrogens (tertiary/aromatic N) is 4. The summed E-state index contributed by atoms with van der Waals surface area (Å²) in [5.41, 5.74) is 0.714. The molecule has 2 fully saturated rings. The molecule has 1 amide bonds. The number of rotatable bonds is 5. The van der Waals surface area contributed by atoms with Crippen molar-refractivity contribution in [2.45, 2.75) is 38.3 Å². The zero-order valence-electron chi connectivity index (χ0n) is 14.1. The van der Waals surface area contributed by atoms with Crippen molar-refractivity contribution in [2.24, 2.45) is 5.41 Å². The minimum Gasteiger partial charge on any atom is -0.387 e. The van der Waals surface area contributed by atoms with Crippen LogP contribution in [-0.4, -0.2) is 44.0 Å². The Kier molecular flexibility index (Phi) is 3.83. The van der Waals surface area contributed by atoms with E-state index in [0.29, 0.717) is 30.8 Å². The number of aliphatic hydroxyl groups excluding tert-OH is 1. The molecular weight excluding hydrogens is 323 g/mol. The first-order valence-corrected chi connectivity index (χ1v) is 8.61. The summed E-state index contributed by atoms with van der Waals surface area (Å²) in [4.78, 5) is 14.7. The monoisotopic (exact) mass is 344 g/mol. The van der Waals surface area contributed by atoms with E-state index in [2.05, 4.69) is 10.3 Å². The molecule has 1 aromatic carbocycles. The lowest BCUT2D eigenvalue weighted by Gasteiger charge is -2.41. The van der Waals surface area contributed by atoms with E-state index in [9.17, 15) is 14.3 Å². The van der Waals surface area contributed by atoms with Crippen LogP contribution in [0.15, 0.2) is 30.5 Å². The Morgan fingerprint density at radius 2 is 2.12 bits per heavy atom. The van der Waals surface area contributed by atoms with Crippen molar-refractivity contribution < 1.29 is 14.3 Å². The summed E-state index contributed by atoms with van der Waals surface area (Å²) in [6, 6.07) is 6.77. The fraction of sp³-hybridized carbons (Fsp3) is 0.500. The van der Waals surface area contributed by atoms with Gasteiger partial charge in [-0.2, -0.15) is 0 Å². The van der Waals surface area contributed by atoms with Crippen molar-refractivity contribution in [1.29, 1.82) is 0 Å². The highest BCUT2D eigenvalue weighted by molar-refractivity contribution is 5.86. The predicted molar refractivity (Wildman–Crippen MR) is 88.0 cm³/mol. The van der Waals surface area contributed by atoms with Crippen molar-refractivity contribution in [3.8, 4) is 0 Å². The van der Waals surface area contributed by atoms with E-state index >= 15 is 0 Å². The Bertz CT molecular complexity index is 794. The summed E-state index contributed by atoms with van der Waals surface area (Å²) in [7, 11) is 0. The lowest BCUT2D eigenvalue weighted by molar-refractivity contribution is -0.143. The quantitative estimate of drug-likeness (QED) is 0.899. The highest BCUT2D eigenvalue weighted by Gasteiger charge is 2.53. The lowest BCUT2D eigenvalue weighted by Crippen LogP contribution is -2.53. The molecule has 6 nitrogen and oxygen atoms in total. The third kappa shape index (κ3) is 2.93. The largest absolute Gasteiger partial charge is 0.387 e. The second-order valence-corrected chi connectivity index (χ2v) is 7.21. The fourth-order valence-electron chi connectivity index (χ4n) is 3.41. The first-order chi connectivity index (χ1) is 12.0. The van der Waals surface area contributed by atoms with E-state index in [4.69, 9.17) is 0 Å². The molecule has 0 radical (unpaired) electrons. The molecule has 1 unspecified atom stereocenters. The Morgan fingerprint density at radius 1 is 1.40 bits per heavy atom. The van der Waals surface area contributed by atoms with Crippen LogP contribution in [0, 0.1) is 11.2 Å². The highest BCUT2D eigenvalue weighted by atomic mass is 19.1. The van der Waals surface area contributed by atoms with Gasteiger partial charge in [-0.3, -0.25) is 4.79 Å². The average Bonchev–Trinajstić information content (AvgIpc) is 3.16. The minimum atomic E-state index is -0.651. The summed E-state index contributed by atoms with van der Waals surface area (Å²) in [5.74, 6) is -0.126. The summed E-state index contributed by atoms with van der Waals surface area (Å²) in [5, 5.41) is 17.5. The van der Waals surface area contributed by atoms with Crippen molar-refractivity contribution in [2.75, 3.05) is 13.1 Å². The van der Waals surface area contributed by atoms with Gasteiger partial charge in [0.15, 0.2) is 0 Å². The summed E-state index contributed by atoms with van der Waals surface area (Å²) >= 11 is 0. The third-order valence-electron chi connectivity index (χ3n) is 5.27. The van der Waals surface area contributed by atoms with Crippen LogP contribution in [-0.2, 0) is 11.2 Å². The van der Waals surface area contributed by atoms with Gasteiger partial charge < -0.3 is 10.0 Å². The van der Waals surface area contributed by atoms with Crippen molar-refractivity contribution in [3.05, 3.63) is 47.5 Å². The lowest BCUT2D eigenvalue weighted by atomic mass is 9.92. The van der Waals surface area contributed by atoms with Crippen LogP contribution in [0.5, 0.6) is 0 Å². The highest BCUT2D eigenvalue weighted by Crippen LogP contribution is 2.51. The predicted octanol–water partition coefficient (Wildman–Crippen LogP) is 1.88. The number of carbonyl (C=O) groups is 1. The van der Waals surface area contributed by atoms with E-state index in [1.807, 2.05) is 11.0 Å². The maximum atomic E-state index is 13.9. The normalized spacial score (nSPS) is 20.2. The molecule has 2 aromatic rings. The van der Waals surface area contributed by atoms with E-state index in [-0.39, 0.29) is 17.8 Å². The summed E-state index contributed by atoms with van der Waals surface area (Å²) < 4.78 is 15.6. The summed E-state index contributed by atoms with van der Waals surface area (Å²) in [6.07, 6.45) is 3.17. The van der Waals surface area contributed by atoms with Crippen LogP contribution in [0.2, 0.25) is 0 Å². The molecule has 1 atom stereocenters. The smallest absolute Gasteiger partial charge is 0.229 e. The number of hydrogen-bond acceptors (Lipinski definition) is 4. The number of carbonyl (C=O) groups excluding carboxylic acids is 1. The third-order valence-corrected chi connectivity index (χ3v) is 5.27. The zero-order chi connectivity index (χ0) is 17.6. The summed E-state index contributed by atoms with van der Waals surface area (Å²) in [6.45, 7) is 2.81. The molecule has 2 heterocycles. The van der Waals surface area contributed by atoms with Gasteiger partial charge in [0.1, 0.15) is 11.5 Å². The second kappa shape index (κ2) is 5.91. The van der Waals surface area contributed by atoms with Crippen molar-refractivity contribution in [1.82, 2.24) is 19.9 Å². The Labute approximate surface area is 145 Å². The number of aliphatic hydroxyl groups is 1. The first kappa shape index (κ1) is 16.2. The number of amides is 1. The van der Waals surface area contributed by atoms with Crippen molar-refractivity contribution >= 4 is 5.91 Å². The maximum absolute atomic E-state index is 13.9. The van der Waals surface area contributed by atoms with Crippen LogP contribution >= 0.6 is 0 Å². The van der Waals surface area contributed by atoms with Crippen LogP contribution < -0.4 is 0 Å². The average molecular weight is 344 g/mol. The van der Waals surface area contributed by atoms with Crippen LogP contribution in [0.25, 0.3) is 0 Å². The minimum absolute atomic E-state index is 0.0909. The van der Waals surface area contributed by atoms with Gasteiger partial charge in [-0.05, 0) is 37.8 Å². The van der Waals surface area contributed by atoms with Crippen LogP contribution in [0.4, 0.5) is 4.39 Å². The molecule has 1 saturated heterocycles. The van der Waals surface area contributed by atoms with E-state index < -0.39 is 11.5 Å². The molecule has 4 rings (SSSR count). The SMILES string of the molecule is CC(O)c1cn(C2CN(C(=O)C3(Cc4ccccc4F)CC3)C2)nn1. The molecule has 0 spiro atoms.